The molecule has 0 fully saturated rings. The normalized spacial score (nSPS) is 9.38. The van der Waals surface area contributed by atoms with Crippen molar-refractivity contribution >= 4 is 12.0 Å². The summed E-state index contributed by atoms with van der Waals surface area (Å²) in [6.07, 6.45) is -1.41. The average Bonchev–Trinajstić information content (AvgIpc) is 2.27. The molecule has 0 saturated heterocycles. The third kappa shape index (κ3) is 2.88. The zero-order chi connectivity index (χ0) is 12.1. The van der Waals surface area contributed by atoms with Gasteiger partial charge >= 0.3 is 6.09 Å². The van der Waals surface area contributed by atoms with Gasteiger partial charge in [0.1, 0.15) is 11.5 Å². The summed E-state index contributed by atoms with van der Waals surface area (Å²) in [7, 11) is 2.88. The van der Waals surface area contributed by atoms with E-state index in [-0.39, 0.29) is 5.56 Å². The van der Waals surface area contributed by atoms with Crippen LogP contribution in [0.1, 0.15) is 10.4 Å². The first-order valence-electron chi connectivity index (χ1n) is 4.34. The maximum absolute atomic E-state index is 11.4. The fourth-order valence-corrected chi connectivity index (χ4v) is 1.11. The second-order valence-corrected chi connectivity index (χ2v) is 2.86. The first-order valence-corrected chi connectivity index (χ1v) is 4.34. The van der Waals surface area contributed by atoms with Crippen molar-refractivity contribution in [1.29, 1.82) is 0 Å². The van der Waals surface area contributed by atoms with Crippen LogP contribution >= 0.6 is 0 Å². The fourth-order valence-electron chi connectivity index (χ4n) is 1.11. The molecule has 0 saturated carbocycles. The maximum atomic E-state index is 11.4. The number of amides is 2. The smallest absolute Gasteiger partial charge is 0.411 e. The first-order chi connectivity index (χ1) is 7.56. The Balaban J connectivity index is 3.02. The standard InChI is InChI=1S/C10H11NO5/c1-15-7-3-6(4-8(5-7)16-2)9(12)11-10(13)14/h3-5H,1-2H3,(H,11,12)(H,13,14). The third-order valence-electron chi connectivity index (χ3n) is 1.83. The molecule has 0 atom stereocenters. The van der Waals surface area contributed by atoms with Crippen LogP contribution < -0.4 is 14.8 Å². The monoisotopic (exact) mass is 225 g/mol. The van der Waals surface area contributed by atoms with Gasteiger partial charge in [-0.1, -0.05) is 0 Å². The second kappa shape index (κ2) is 5.01. The van der Waals surface area contributed by atoms with E-state index in [1.807, 2.05) is 0 Å². The Morgan fingerprint density at radius 1 is 1.12 bits per heavy atom. The predicted molar refractivity (Wildman–Crippen MR) is 55.0 cm³/mol. The number of hydrogen-bond acceptors (Lipinski definition) is 4. The zero-order valence-electron chi connectivity index (χ0n) is 8.81. The number of ether oxygens (including phenoxy) is 2. The third-order valence-corrected chi connectivity index (χ3v) is 1.83. The molecule has 2 N–H and O–H groups in total. The van der Waals surface area contributed by atoms with Crippen molar-refractivity contribution < 1.29 is 24.2 Å². The minimum Gasteiger partial charge on any atom is -0.497 e. The van der Waals surface area contributed by atoms with Crippen molar-refractivity contribution in [3.8, 4) is 11.5 Å². The van der Waals surface area contributed by atoms with E-state index in [1.54, 1.807) is 11.4 Å². The highest BCUT2D eigenvalue weighted by Gasteiger charge is 2.11. The van der Waals surface area contributed by atoms with Crippen molar-refractivity contribution in [2.24, 2.45) is 0 Å². The molecule has 2 amide bonds. The summed E-state index contributed by atoms with van der Waals surface area (Å²) in [6, 6.07) is 4.42. The van der Waals surface area contributed by atoms with Crippen molar-refractivity contribution in [1.82, 2.24) is 5.32 Å². The van der Waals surface area contributed by atoms with Gasteiger partial charge in [0, 0.05) is 11.6 Å². The molecule has 1 aromatic rings. The molecule has 16 heavy (non-hydrogen) atoms. The number of nitrogens with one attached hydrogen (secondary N) is 1. The van der Waals surface area contributed by atoms with Crippen LogP contribution in [-0.2, 0) is 0 Å². The van der Waals surface area contributed by atoms with Crippen molar-refractivity contribution in [3.05, 3.63) is 23.8 Å². The summed E-state index contributed by atoms with van der Waals surface area (Å²) in [6.45, 7) is 0. The van der Waals surface area contributed by atoms with E-state index < -0.39 is 12.0 Å². The van der Waals surface area contributed by atoms with Gasteiger partial charge in [0.05, 0.1) is 14.2 Å². The molecule has 0 aliphatic carbocycles. The van der Waals surface area contributed by atoms with Crippen molar-refractivity contribution in [2.75, 3.05) is 14.2 Å². The molecule has 0 heterocycles. The van der Waals surface area contributed by atoms with Gasteiger partial charge in [0.2, 0.25) is 0 Å². The lowest BCUT2D eigenvalue weighted by atomic mass is 10.2. The Kier molecular flexibility index (Phi) is 3.71. The Hall–Kier alpha value is -2.24. The molecule has 86 valence electrons. The molecule has 0 aliphatic rings. The topological polar surface area (TPSA) is 84.9 Å². The molecule has 6 nitrogen and oxygen atoms in total. The summed E-state index contributed by atoms with van der Waals surface area (Å²) in [5.74, 6) is 0.0921. The Bertz CT molecular complexity index is 393. The van der Waals surface area contributed by atoms with Crippen molar-refractivity contribution in [2.45, 2.75) is 0 Å². The Morgan fingerprint density at radius 3 is 2.00 bits per heavy atom. The summed E-state index contributed by atoms with van der Waals surface area (Å²) in [5, 5.41) is 10.1. The Morgan fingerprint density at radius 2 is 1.62 bits per heavy atom. The van der Waals surface area contributed by atoms with E-state index in [0.29, 0.717) is 11.5 Å². The number of benzene rings is 1. The maximum Gasteiger partial charge on any atom is 0.411 e. The van der Waals surface area contributed by atoms with Crippen molar-refractivity contribution in [3.63, 3.8) is 0 Å². The van der Waals surface area contributed by atoms with Crippen LogP contribution in [0.5, 0.6) is 11.5 Å². The van der Waals surface area contributed by atoms with Gasteiger partial charge in [0.25, 0.3) is 5.91 Å². The van der Waals surface area contributed by atoms with E-state index in [1.165, 1.54) is 26.4 Å². The number of carbonyl (C=O) groups excluding carboxylic acids is 1. The molecule has 6 heteroatoms. The van der Waals surface area contributed by atoms with E-state index in [4.69, 9.17) is 14.6 Å². The molecule has 0 bridgehead atoms. The summed E-state index contributed by atoms with van der Waals surface area (Å²) >= 11 is 0. The highest BCUT2D eigenvalue weighted by molar-refractivity contribution is 6.02. The number of rotatable bonds is 3. The first kappa shape index (κ1) is 11.8. The number of methoxy groups -OCH3 is 2. The van der Waals surface area contributed by atoms with Gasteiger partial charge in [-0.05, 0) is 12.1 Å². The number of carboxylic acid groups (broad SMARTS) is 1. The van der Waals surface area contributed by atoms with E-state index in [2.05, 4.69) is 0 Å². The number of carbonyl (C=O) groups is 2. The minimum atomic E-state index is -1.41. The van der Waals surface area contributed by atoms with E-state index in [0.717, 1.165) is 0 Å². The average molecular weight is 225 g/mol. The van der Waals surface area contributed by atoms with Gasteiger partial charge < -0.3 is 14.6 Å². The quantitative estimate of drug-likeness (QED) is 0.804. The molecule has 1 aromatic carbocycles. The van der Waals surface area contributed by atoms with Gasteiger partial charge in [-0.2, -0.15) is 0 Å². The highest BCUT2D eigenvalue weighted by Crippen LogP contribution is 2.22. The SMILES string of the molecule is COc1cc(OC)cc(C(=O)NC(=O)O)c1. The molecular weight excluding hydrogens is 214 g/mol. The largest absolute Gasteiger partial charge is 0.497 e. The van der Waals surface area contributed by atoms with E-state index in [9.17, 15) is 9.59 Å². The van der Waals surface area contributed by atoms with Crippen LogP contribution in [0, 0.1) is 0 Å². The predicted octanol–water partition coefficient (Wildman–Crippen LogP) is 1.11. The lowest BCUT2D eigenvalue weighted by Crippen LogP contribution is -2.28. The minimum absolute atomic E-state index is 0.151. The van der Waals surface area contributed by atoms with Crippen LogP contribution in [0.3, 0.4) is 0 Å². The molecule has 0 spiro atoms. The highest BCUT2D eigenvalue weighted by atomic mass is 16.5. The molecule has 0 aliphatic heterocycles. The molecular formula is C10H11NO5. The number of hydrogen-bond donors (Lipinski definition) is 2. The fraction of sp³-hybridized carbons (Fsp3) is 0.200. The Labute approximate surface area is 91.8 Å². The lowest BCUT2D eigenvalue weighted by Gasteiger charge is -2.07. The molecule has 0 radical (unpaired) electrons. The second-order valence-electron chi connectivity index (χ2n) is 2.86. The van der Waals surface area contributed by atoms with E-state index >= 15 is 0 Å². The summed E-state index contributed by atoms with van der Waals surface area (Å²) < 4.78 is 9.89. The molecule has 1 rings (SSSR count). The zero-order valence-corrected chi connectivity index (χ0v) is 8.81. The van der Waals surface area contributed by atoms with Crippen LogP contribution in [0.2, 0.25) is 0 Å². The summed E-state index contributed by atoms with van der Waals surface area (Å²) in [5.41, 5.74) is 0.151. The number of imide groups is 1. The van der Waals surface area contributed by atoms with Gasteiger partial charge in [-0.15, -0.1) is 0 Å². The molecule has 0 aromatic heterocycles. The van der Waals surface area contributed by atoms with Gasteiger partial charge in [-0.3, -0.25) is 10.1 Å². The molecule has 0 unspecified atom stereocenters. The van der Waals surface area contributed by atoms with Gasteiger partial charge in [-0.25, -0.2) is 4.79 Å². The lowest BCUT2D eigenvalue weighted by molar-refractivity contribution is 0.0947. The van der Waals surface area contributed by atoms with Crippen LogP contribution in [0.15, 0.2) is 18.2 Å². The van der Waals surface area contributed by atoms with Crippen LogP contribution in [-0.4, -0.2) is 31.3 Å². The van der Waals surface area contributed by atoms with Gasteiger partial charge in [0.15, 0.2) is 0 Å². The summed E-state index contributed by atoms with van der Waals surface area (Å²) in [4.78, 5) is 21.7. The van der Waals surface area contributed by atoms with Crippen LogP contribution in [0.4, 0.5) is 4.79 Å². The van der Waals surface area contributed by atoms with Crippen LogP contribution in [0.25, 0.3) is 0 Å².